The van der Waals surface area contributed by atoms with Gasteiger partial charge in [-0.15, -0.1) is 0 Å². The summed E-state index contributed by atoms with van der Waals surface area (Å²) in [5, 5.41) is 3.59. The van der Waals surface area contributed by atoms with Gasteiger partial charge in [0.05, 0.1) is 12.2 Å². The second-order valence-corrected chi connectivity index (χ2v) is 6.70. The van der Waals surface area contributed by atoms with E-state index >= 15 is 0 Å². The molecule has 3 nitrogen and oxygen atoms in total. The van der Waals surface area contributed by atoms with Crippen molar-refractivity contribution in [3.8, 4) is 0 Å². The van der Waals surface area contributed by atoms with E-state index < -0.39 is 0 Å². The molecule has 2 fully saturated rings. The van der Waals surface area contributed by atoms with Gasteiger partial charge in [0.25, 0.3) is 0 Å². The summed E-state index contributed by atoms with van der Waals surface area (Å²) < 4.78 is 0. The van der Waals surface area contributed by atoms with E-state index in [0.29, 0.717) is 17.9 Å². The van der Waals surface area contributed by atoms with Gasteiger partial charge in [0.1, 0.15) is 0 Å². The molecule has 20 heavy (non-hydrogen) atoms. The lowest BCUT2D eigenvalue weighted by Crippen LogP contribution is -2.47. The molecule has 1 heterocycles. The Labute approximate surface area is 124 Å². The maximum atomic E-state index is 12.7. The molecular weight excluding hydrogens is 248 g/mol. The van der Waals surface area contributed by atoms with Gasteiger partial charge in [-0.1, -0.05) is 46.0 Å². The van der Waals surface area contributed by atoms with Crippen molar-refractivity contribution < 1.29 is 4.79 Å². The van der Waals surface area contributed by atoms with Crippen LogP contribution in [0.5, 0.6) is 0 Å². The van der Waals surface area contributed by atoms with E-state index in [-0.39, 0.29) is 12.2 Å². The van der Waals surface area contributed by atoms with Crippen molar-refractivity contribution in [2.45, 2.75) is 96.8 Å². The molecular formula is C17H32N2O. The van der Waals surface area contributed by atoms with Crippen LogP contribution < -0.4 is 5.32 Å². The molecule has 0 bridgehead atoms. The first-order valence-corrected chi connectivity index (χ1v) is 8.77. The van der Waals surface area contributed by atoms with Crippen molar-refractivity contribution in [3.63, 3.8) is 0 Å². The first kappa shape index (κ1) is 15.8. The normalized spacial score (nSPS) is 29.9. The van der Waals surface area contributed by atoms with Gasteiger partial charge in [-0.3, -0.25) is 10.1 Å². The Kier molecular flexibility index (Phi) is 5.88. The molecule has 3 heteroatoms. The summed E-state index contributed by atoms with van der Waals surface area (Å²) in [6, 6.07) is 0.483. The predicted molar refractivity (Wildman–Crippen MR) is 83.4 cm³/mol. The van der Waals surface area contributed by atoms with Crippen molar-refractivity contribution in [2.75, 3.05) is 0 Å². The molecule has 2 rings (SSSR count). The minimum Gasteiger partial charge on any atom is -0.323 e. The number of hydrogen-bond acceptors (Lipinski definition) is 2. The molecule has 1 amide bonds. The summed E-state index contributed by atoms with van der Waals surface area (Å²) in [6.45, 7) is 6.66. The standard InChI is InChI=1S/C17H32N2O/c1-4-9-15-17(20)19(16(18-15)10-5-2)13(3)14-11-7-6-8-12-14/h13-16,18H,4-12H2,1-3H3. The lowest BCUT2D eigenvalue weighted by Gasteiger charge is -2.37. The zero-order valence-electron chi connectivity index (χ0n) is 13.5. The molecule has 1 saturated carbocycles. The van der Waals surface area contributed by atoms with Gasteiger partial charge >= 0.3 is 0 Å². The summed E-state index contributed by atoms with van der Waals surface area (Å²) in [6.07, 6.45) is 11.3. The second kappa shape index (κ2) is 7.44. The molecule has 0 aromatic rings. The van der Waals surface area contributed by atoms with Crippen LogP contribution in [-0.2, 0) is 4.79 Å². The van der Waals surface area contributed by atoms with Crippen molar-refractivity contribution >= 4 is 5.91 Å². The van der Waals surface area contributed by atoms with Crippen LogP contribution in [0.4, 0.5) is 0 Å². The average Bonchev–Trinajstić information content (AvgIpc) is 2.76. The van der Waals surface area contributed by atoms with Crippen molar-refractivity contribution in [2.24, 2.45) is 5.92 Å². The number of nitrogens with one attached hydrogen (secondary N) is 1. The Morgan fingerprint density at radius 1 is 1.15 bits per heavy atom. The summed E-state index contributed by atoms with van der Waals surface area (Å²) in [5.74, 6) is 1.08. The highest BCUT2D eigenvalue weighted by atomic mass is 16.2. The number of rotatable bonds is 6. The number of hydrogen-bond donors (Lipinski definition) is 1. The van der Waals surface area contributed by atoms with Gasteiger partial charge in [0.15, 0.2) is 0 Å². The zero-order valence-corrected chi connectivity index (χ0v) is 13.5. The smallest absolute Gasteiger partial charge is 0.241 e. The van der Waals surface area contributed by atoms with E-state index in [4.69, 9.17) is 0 Å². The fourth-order valence-electron chi connectivity index (χ4n) is 4.04. The molecule has 0 aromatic carbocycles. The first-order valence-electron chi connectivity index (χ1n) is 8.77. The lowest BCUT2D eigenvalue weighted by atomic mass is 9.83. The van der Waals surface area contributed by atoms with E-state index in [2.05, 4.69) is 31.0 Å². The van der Waals surface area contributed by atoms with E-state index in [9.17, 15) is 4.79 Å². The molecule has 2 aliphatic rings. The monoisotopic (exact) mass is 280 g/mol. The van der Waals surface area contributed by atoms with Crippen LogP contribution in [0, 0.1) is 5.92 Å². The van der Waals surface area contributed by atoms with Gasteiger partial charge in [0, 0.05) is 6.04 Å². The molecule has 3 atom stereocenters. The summed E-state index contributed by atoms with van der Waals surface area (Å²) in [5.41, 5.74) is 0. The first-order chi connectivity index (χ1) is 9.69. The van der Waals surface area contributed by atoms with E-state index in [1.54, 1.807) is 0 Å². The van der Waals surface area contributed by atoms with Gasteiger partial charge in [-0.25, -0.2) is 0 Å². The molecule has 0 radical (unpaired) electrons. The number of amides is 1. The third-order valence-corrected chi connectivity index (χ3v) is 5.19. The summed E-state index contributed by atoms with van der Waals surface area (Å²) >= 11 is 0. The number of carbonyl (C=O) groups excluding carboxylic acids is 1. The Balaban J connectivity index is 2.06. The Hall–Kier alpha value is -0.570. The lowest BCUT2D eigenvalue weighted by molar-refractivity contribution is -0.133. The molecule has 1 N–H and O–H groups in total. The Bertz CT molecular complexity index is 312. The molecule has 0 spiro atoms. The quantitative estimate of drug-likeness (QED) is 0.805. The van der Waals surface area contributed by atoms with Gasteiger partial charge in [-0.05, 0) is 38.5 Å². The Morgan fingerprint density at radius 2 is 1.80 bits per heavy atom. The topological polar surface area (TPSA) is 32.3 Å². The van der Waals surface area contributed by atoms with Crippen LogP contribution in [0.3, 0.4) is 0 Å². The molecule has 0 aromatic heterocycles. The fraction of sp³-hybridized carbons (Fsp3) is 0.941. The van der Waals surface area contributed by atoms with Crippen molar-refractivity contribution in [3.05, 3.63) is 0 Å². The highest BCUT2D eigenvalue weighted by molar-refractivity contribution is 5.84. The Morgan fingerprint density at radius 3 is 2.40 bits per heavy atom. The summed E-state index contributed by atoms with van der Waals surface area (Å²) in [4.78, 5) is 14.9. The highest BCUT2D eigenvalue weighted by Crippen LogP contribution is 2.32. The van der Waals surface area contributed by atoms with E-state index in [0.717, 1.165) is 25.7 Å². The van der Waals surface area contributed by atoms with Crippen LogP contribution in [0.2, 0.25) is 0 Å². The predicted octanol–water partition coefficient (Wildman–Crippen LogP) is 3.68. The maximum Gasteiger partial charge on any atom is 0.241 e. The largest absolute Gasteiger partial charge is 0.323 e. The molecule has 1 aliphatic heterocycles. The zero-order chi connectivity index (χ0) is 14.5. The summed E-state index contributed by atoms with van der Waals surface area (Å²) in [7, 11) is 0. The fourth-order valence-corrected chi connectivity index (χ4v) is 4.04. The van der Waals surface area contributed by atoms with Crippen LogP contribution >= 0.6 is 0 Å². The van der Waals surface area contributed by atoms with Crippen LogP contribution in [-0.4, -0.2) is 29.1 Å². The van der Waals surface area contributed by atoms with Gasteiger partial charge in [-0.2, -0.15) is 0 Å². The minimum absolute atomic E-state index is 0.0718. The molecule has 1 saturated heterocycles. The van der Waals surface area contributed by atoms with Crippen LogP contribution in [0.15, 0.2) is 0 Å². The third kappa shape index (κ3) is 3.36. The van der Waals surface area contributed by atoms with Gasteiger partial charge in [0.2, 0.25) is 5.91 Å². The molecule has 116 valence electrons. The average molecular weight is 280 g/mol. The van der Waals surface area contributed by atoms with Crippen molar-refractivity contribution in [1.82, 2.24) is 10.2 Å². The number of nitrogens with zero attached hydrogens (tertiary/aromatic N) is 1. The highest BCUT2D eigenvalue weighted by Gasteiger charge is 2.42. The van der Waals surface area contributed by atoms with E-state index in [1.165, 1.54) is 32.1 Å². The second-order valence-electron chi connectivity index (χ2n) is 6.70. The number of carbonyl (C=O) groups is 1. The molecule has 1 aliphatic carbocycles. The van der Waals surface area contributed by atoms with Crippen LogP contribution in [0.1, 0.15) is 78.6 Å². The van der Waals surface area contributed by atoms with E-state index in [1.807, 2.05) is 0 Å². The van der Waals surface area contributed by atoms with Crippen molar-refractivity contribution in [1.29, 1.82) is 0 Å². The maximum absolute atomic E-state index is 12.7. The minimum atomic E-state index is 0.0718. The SMILES string of the molecule is CCCC1NC(CCC)N(C(C)C2CCCCC2)C1=O. The molecule has 3 unspecified atom stereocenters. The third-order valence-electron chi connectivity index (χ3n) is 5.19. The van der Waals surface area contributed by atoms with Gasteiger partial charge < -0.3 is 4.90 Å². The van der Waals surface area contributed by atoms with Crippen LogP contribution in [0.25, 0.3) is 0 Å².